The van der Waals surface area contributed by atoms with Crippen molar-refractivity contribution in [3.05, 3.63) is 17.7 Å². The number of methoxy groups -OCH3 is 3. The van der Waals surface area contributed by atoms with Crippen LogP contribution in [0, 0.1) is 0 Å². The van der Waals surface area contributed by atoms with Gasteiger partial charge in [-0.3, -0.25) is 4.57 Å². The summed E-state index contributed by atoms with van der Waals surface area (Å²) in [5, 5.41) is 0. The first-order valence-electron chi connectivity index (χ1n) is 6.92. The molecule has 0 saturated heterocycles. The fraction of sp³-hybridized carbons (Fsp3) is 0.571. The summed E-state index contributed by atoms with van der Waals surface area (Å²) in [5.41, 5.74) is 6.61. The molecule has 7 nitrogen and oxygen atoms in total. The number of ether oxygens (including phenoxy) is 3. The van der Waals surface area contributed by atoms with E-state index in [2.05, 4.69) is 0 Å². The Morgan fingerprint density at radius 3 is 1.95 bits per heavy atom. The quantitative estimate of drug-likeness (QED) is 0.695. The van der Waals surface area contributed by atoms with E-state index in [1.54, 1.807) is 26.0 Å². The van der Waals surface area contributed by atoms with Crippen molar-refractivity contribution in [1.82, 2.24) is 0 Å². The van der Waals surface area contributed by atoms with Crippen LogP contribution in [-0.4, -0.2) is 34.5 Å². The number of benzene rings is 1. The summed E-state index contributed by atoms with van der Waals surface area (Å²) in [4.78, 5) is 0. The van der Waals surface area contributed by atoms with Crippen LogP contribution in [0.1, 0.15) is 25.2 Å². The van der Waals surface area contributed by atoms with Crippen molar-refractivity contribution in [3.63, 3.8) is 0 Å². The summed E-state index contributed by atoms with van der Waals surface area (Å²) < 4.78 is 39.3. The molecule has 8 heteroatoms. The molecule has 0 amide bonds. The topological polar surface area (TPSA) is 89.2 Å². The number of hydrogen-bond acceptors (Lipinski definition) is 7. The van der Waals surface area contributed by atoms with E-state index in [1.807, 2.05) is 0 Å². The summed E-state index contributed by atoms with van der Waals surface area (Å²) in [7, 11) is 0.950. The Balaban J connectivity index is 3.38. The van der Waals surface area contributed by atoms with Crippen LogP contribution < -0.4 is 19.9 Å². The molecule has 0 spiro atoms. The van der Waals surface area contributed by atoms with E-state index in [9.17, 15) is 4.57 Å². The maximum Gasteiger partial charge on any atom is 0.351 e. The van der Waals surface area contributed by atoms with Gasteiger partial charge >= 0.3 is 7.60 Å². The molecule has 0 unspecified atom stereocenters. The van der Waals surface area contributed by atoms with Crippen LogP contribution in [0.15, 0.2) is 12.1 Å². The van der Waals surface area contributed by atoms with Crippen molar-refractivity contribution in [1.29, 1.82) is 0 Å². The lowest BCUT2D eigenvalue weighted by Gasteiger charge is -2.25. The van der Waals surface area contributed by atoms with Crippen LogP contribution in [0.4, 0.5) is 0 Å². The third kappa shape index (κ3) is 3.73. The normalized spacial score (nSPS) is 12.8. The molecule has 1 aromatic rings. The Labute approximate surface area is 131 Å². The predicted octanol–water partition coefficient (Wildman–Crippen LogP) is 2.94. The molecule has 2 N–H and O–H groups in total. The molecule has 0 bridgehead atoms. The summed E-state index contributed by atoms with van der Waals surface area (Å²) in [6.45, 7) is 3.90. The third-order valence-electron chi connectivity index (χ3n) is 3.01. The smallest absolute Gasteiger partial charge is 0.351 e. The highest BCUT2D eigenvalue weighted by atomic mass is 31.2. The second-order valence-electron chi connectivity index (χ2n) is 4.24. The Kier molecular flexibility index (Phi) is 7.16. The fourth-order valence-electron chi connectivity index (χ4n) is 2.09. The molecular formula is C14H24NO6P. The van der Waals surface area contributed by atoms with Crippen molar-refractivity contribution in [2.24, 2.45) is 5.73 Å². The van der Waals surface area contributed by atoms with E-state index >= 15 is 0 Å². The lowest BCUT2D eigenvalue weighted by atomic mass is 10.1. The van der Waals surface area contributed by atoms with E-state index < -0.39 is 13.4 Å². The Morgan fingerprint density at radius 1 is 1.00 bits per heavy atom. The Bertz CT molecular complexity index is 526. The molecule has 1 rings (SSSR count). The molecule has 0 aliphatic rings. The van der Waals surface area contributed by atoms with E-state index in [1.165, 1.54) is 21.3 Å². The SMILES string of the molecule is CCOP(=O)(OCC)[C@@H](N)c1ccc(OC)c(OC)c1OC. The molecule has 0 aliphatic heterocycles. The van der Waals surface area contributed by atoms with Crippen molar-refractivity contribution < 1.29 is 27.8 Å². The number of hydrogen-bond donors (Lipinski definition) is 1. The summed E-state index contributed by atoms with van der Waals surface area (Å²) in [5.74, 6) is 0.201. The zero-order chi connectivity index (χ0) is 16.8. The van der Waals surface area contributed by atoms with Crippen molar-refractivity contribution in [2.45, 2.75) is 19.6 Å². The molecule has 0 saturated carbocycles. The van der Waals surface area contributed by atoms with Gasteiger partial charge in [-0.1, -0.05) is 0 Å². The van der Waals surface area contributed by atoms with Gasteiger partial charge in [0.1, 0.15) is 5.78 Å². The molecule has 126 valence electrons. The minimum absolute atomic E-state index is 0.223. The molecule has 1 aromatic carbocycles. The molecule has 0 heterocycles. The van der Waals surface area contributed by atoms with Crippen molar-refractivity contribution in [3.8, 4) is 17.2 Å². The second-order valence-corrected chi connectivity index (χ2v) is 6.40. The minimum atomic E-state index is -3.52. The van der Waals surface area contributed by atoms with Crippen LogP contribution in [0.5, 0.6) is 17.2 Å². The molecule has 1 atom stereocenters. The van der Waals surface area contributed by atoms with Gasteiger partial charge in [0.25, 0.3) is 0 Å². The Morgan fingerprint density at radius 2 is 1.55 bits per heavy atom. The van der Waals surface area contributed by atoms with Gasteiger partial charge in [-0.15, -0.1) is 0 Å². The van der Waals surface area contributed by atoms with Gasteiger partial charge in [-0.05, 0) is 26.0 Å². The van der Waals surface area contributed by atoms with Gasteiger partial charge in [0, 0.05) is 5.56 Å². The van der Waals surface area contributed by atoms with Gasteiger partial charge in [0.15, 0.2) is 11.5 Å². The Hall–Kier alpha value is -1.27. The maximum atomic E-state index is 12.8. The molecule has 0 aromatic heterocycles. The molecule has 0 fully saturated rings. The van der Waals surface area contributed by atoms with E-state index in [-0.39, 0.29) is 13.2 Å². The summed E-state index contributed by atoms with van der Waals surface area (Å²) >= 11 is 0. The van der Waals surface area contributed by atoms with Gasteiger partial charge in [0.05, 0.1) is 34.5 Å². The molecule has 22 heavy (non-hydrogen) atoms. The first kappa shape index (κ1) is 18.8. The van der Waals surface area contributed by atoms with Gasteiger partial charge in [-0.25, -0.2) is 0 Å². The lowest BCUT2D eigenvalue weighted by molar-refractivity contribution is 0.211. The predicted molar refractivity (Wildman–Crippen MR) is 83.9 cm³/mol. The van der Waals surface area contributed by atoms with Crippen molar-refractivity contribution in [2.75, 3.05) is 34.5 Å². The number of nitrogens with two attached hydrogens (primary N) is 1. The van der Waals surface area contributed by atoms with Gasteiger partial charge < -0.3 is 29.0 Å². The average Bonchev–Trinajstić information content (AvgIpc) is 2.52. The third-order valence-corrected chi connectivity index (χ3v) is 5.21. The molecular weight excluding hydrogens is 309 g/mol. The van der Waals surface area contributed by atoms with Crippen LogP contribution in [0.3, 0.4) is 0 Å². The lowest BCUT2D eigenvalue weighted by Crippen LogP contribution is -2.16. The first-order chi connectivity index (χ1) is 10.5. The van der Waals surface area contributed by atoms with Crippen LogP contribution in [0.25, 0.3) is 0 Å². The zero-order valence-electron chi connectivity index (χ0n) is 13.6. The van der Waals surface area contributed by atoms with Gasteiger partial charge in [0.2, 0.25) is 5.75 Å². The van der Waals surface area contributed by atoms with Crippen LogP contribution >= 0.6 is 7.60 Å². The summed E-state index contributed by atoms with van der Waals surface area (Å²) in [6.07, 6.45) is 0. The highest BCUT2D eigenvalue weighted by Gasteiger charge is 2.37. The summed E-state index contributed by atoms with van der Waals surface area (Å²) in [6, 6.07) is 3.33. The molecule has 0 aliphatic carbocycles. The number of rotatable bonds is 9. The average molecular weight is 333 g/mol. The standard InChI is InChI=1S/C14H24NO6P/c1-6-20-22(16,21-7-2)14(15)10-8-9-11(17-3)13(19-5)12(10)18-4/h8-9,14H,6-7,15H2,1-5H3/t14-/m1/s1. The largest absolute Gasteiger partial charge is 0.493 e. The second kappa shape index (κ2) is 8.39. The van der Waals surface area contributed by atoms with Crippen LogP contribution in [-0.2, 0) is 13.6 Å². The zero-order valence-corrected chi connectivity index (χ0v) is 14.5. The van der Waals surface area contributed by atoms with Crippen molar-refractivity contribution >= 4 is 7.60 Å². The first-order valence-corrected chi connectivity index (χ1v) is 8.53. The monoisotopic (exact) mass is 333 g/mol. The fourth-order valence-corrected chi connectivity index (χ4v) is 3.74. The van der Waals surface area contributed by atoms with E-state index in [0.29, 0.717) is 22.8 Å². The van der Waals surface area contributed by atoms with Crippen LogP contribution in [0.2, 0.25) is 0 Å². The van der Waals surface area contributed by atoms with E-state index in [4.69, 9.17) is 29.0 Å². The maximum absolute atomic E-state index is 12.8. The minimum Gasteiger partial charge on any atom is -0.493 e. The van der Waals surface area contributed by atoms with Gasteiger partial charge in [-0.2, -0.15) is 0 Å². The molecule has 0 radical (unpaired) electrons. The highest BCUT2D eigenvalue weighted by molar-refractivity contribution is 7.54. The highest BCUT2D eigenvalue weighted by Crippen LogP contribution is 2.60. The van der Waals surface area contributed by atoms with E-state index in [0.717, 1.165) is 0 Å².